The number of fused-ring (bicyclic) bond motifs is 2. The van der Waals surface area contributed by atoms with Crippen molar-refractivity contribution in [1.82, 2.24) is 4.48 Å². The first-order valence-electron chi connectivity index (χ1n) is 8.95. The number of nitrogens with zero attached hydrogens (tertiary/aromatic N) is 2. The quantitative estimate of drug-likeness (QED) is 0.524. The van der Waals surface area contributed by atoms with Gasteiger partial charge in [-0.2, -0.15) is 8.78 Å². The van der Waals surface area contributed by atoms with Crippen molar-refractivity contribution in [3.05, 3.63) is 70.2 Å². The van der Waals surface area contributed by atoms with E-state index in [0.29, 0.717) is 33.9 Å². The van der Waals surface area contributed by atoms with Crippen molar-refractivity contribution in [3.8, 4) is 5.75 Å². The Morgan fingerprint density at radius 2 is 1.68 bits per heavy atom. The van der Waals surface area contributed by atoms with Crippen molar-refractivity contribution in [2.75, 3.05) is 0 Å². The summed E-state index contributed by atoms with van der Waals surface area (Å²) in [4.78, 5) is 0. The van der Waals surface area contributed by atoms with Gasteiger partial charge in [-0.15, -0.1) is 0 Å². The van der Waals surface area contributed by atoms with Gasteiger partial charge in [0.15, 0.2) is 5.70 Å². The van der Waals surface area contributed by atoms with Gasteiger partial charge in [0.1, 0.15) is 11.5 Å². The fraction of sp³-hybridized carbons (Fsp3) is 0.250. The molecule has 1 aromatic carbocycles. The van der Waals surface area contributed by atoms with Crippen molar-refractivity contribution in [1.29, 1.82) is 0 Å². The highest BCUT2D eigenvalue weighted by Gasteiger charge is 2.55. The number of benzene rings is 1. The summed E-state index contributed by atoms with van der Waals surface area (Å²) in [7, 11) is 0. The molecule has 2 aliphatic rings. The van der Waals surface area contributed by atoms with Gasteiger partial charge in [0.2, 0.25) is 0 Å². The molecule has 0 bridgehead atoms. The molecule has 0 N–H and O–H groups in total. The average Bonchev–Trinajstić information content (AvgIpc) is 3.06. The largest absolute Gasteiger partial charge is 0.737 e. The molecule has 0 saturated heterocycles. The lowest BCUT2D eigenvalue weighted by atomic mass is 9.84. The lowest BCUT2D eigenvalue weighted by molar-refractivity contribution is -0.363. The van der Waals surface area contributed by atoms with E-state index in [9.17, 15) is 8.78 Å². The predicted octanol–water partition coefficient (Wildman–Crippen LogP) is 5.14. The summed E-state index contributed by atoms with van der Waals surface area (Å²) in [5.41, 5.74) is 4.67. The Morgan fingerprint density at radius 3 is 2.29 bits per heavy atom. The zero-order chi connectivity index (χ0) is 20.4. The molecule has 28 heavy (non-hydrogen) atoms. The van der Waals surface area contributed by atoms with Gasteiger partial charge in [0, 0.05) is 24.3 Å². The van der Waals surface area contributed by atoms with Gasteiger partial charge in [0.25, 0.3) is 0 Å². The van der Waals surface area contributed by atoms with E-state index in [1.165, 1.54) is 12.1 Å². The van der Waals surface area contributed by atoms with Gasteiger partial charge in [-0.25, -0.2) is 0 Å². The highest BCUT2D eigenvalue weighted by molar-refractivity contribution is 6.58. The third kappa shape index (κ3) is 2.54. The summed E-state index contributed by atoms with van der Waals surface area (Å²) in [6.45, 7) is -0.00776. The van der Waals surface area contributed by atoms with E-state index < -0.39 is 13.6 Å². The maximum Gasteiger partial charge on any atom is 0.737 e. The zero-order valence-corrected chi connectivity index (χ0v) is 15.9. The Balaban J connectivity index is 2.01. The second-order valence-electron chi connectivity index (χ2n) is 7.24. The molecule has 0 unspecified atom stereocenters. The summed E-state index contributed by atoms with van der Waals surface area (Å²) in [5.74, 6) is 0.0243. The molecule has 1 aromatic heterocycles. The highest BCUT2D eigenvalue weighted by atomic mass is 19.3. The maximum absolute atomic E-state index is 15.5. The van der Waals surface area contributed by atoms with Crippen LogP contribution in [-0.2, 0) is 0 Å². The standard InChI is InChI=1S/C20H19BF4N2O/c1-11-9-13(3)26-18(11)17(15-5-7-16(8-6-15)28-20(22)23)19-12(2)10-14(4)27(19)21(26,24)25/h5-10,20H,1-4H3. The van der Waals surface area contributed by atoms with Gasteiger partial charge in [-0.3, -0.25) is 0 Å². The van der Waals surface area contributed by atoms with Crippen LogP contribution in [-0.4, -0.2) is 28.3 Å². The molecule has 2 aromatic rings. The second-order valence-corrected chi connectivity index (χ2v) is 7.24. The van der Waals surface area contributed by atoms with Gasteiger partial charge in [-0.1, -0.05) is 12.1 Å². The summed E-state index contributed by atoms with van der Waals surface area (Å²) >= 11 is 0. The molecule has 146 valence electrons. The van der Waals surface area contributed by atoms with Gasteiger partial charge in [-0.05, 0) is 55.8 Å². The number of halogens is 4. The number of aromatic nitrogens is 1. The van der Waals surface area contributed by atoms with Crippen molar-refractivity contribution >= 4 is 18.3 Å². The van der Waals surface area contributed by atoms with E-state index in [0.717, 1.165) is 20.1 Å². The Hall–Kier alpha value is -2.77. The summed E-state index contributed by atoms with van der Waals surface area (Å²) in [5, 5.41) is 0. The first kappa shape index (κ1) is 18.6. The third-order valence-corrected chi connectivity index (χ3v) is 5.30. The normalized spacial score (nSPS) is 17.8. The first-order chi connectivity index (χ1) is 13.1. The van der Waals surface area contributed by atoms with E-state index in [-0.39, 0.29) is 5.75 Å². The topological polar surface area (TPSA) is 17.2 Å². The number of alkyl halides is 2. The van der Waals surface area contributed by atoms with E-state index in [1.807, 2.05) is 0 Å². The van der Waals surface area contributed by atoms with Crippen LogP contribution in [0.3, 0.4) is 0 Å². The summed E-state index contributed by atoms with van der Waals surface area (Å²) in [6.07, 6.45) is 1.75. The smallest absolute Gasteiger partial charge is 0.435 e. The molecule has 8 heteroatoms. The highest BCUT2D eigenvalue weighted by Crippen LogP contribution is 2.44. The molecule has 3 nitrogen and oxygen atoms in total. The number of hydrogen-bond donors (Lipinski definition) is 0. The Bertz CT molecular complexity index is 1080. The van der Waals surface area contributed by atoms with Gasteiger partial charge in [0.05, 0.1) is 5.57 Å². The minimum atomic E-state index is -4.03. The number of rotatable bonds is 3. The molecule has 0 aliphatic carbocycles. The molecule has 3 heterocycles. The first-order valence-corrected chi connectivity index (χ1v) is 8.95. The van der Waals surface area contributed by atoms with Crippen LogP contribution < -0.4 is 4.74 Å². The Labute approximate surface area is 160 Å². The molecule has 2 aliphatic heterocycles. The molecular weight excluding hydrogens is 371 g/mol. The van der Waals surface area contributed by atoms with Crippen molar-refractivity contribution < 1.29 is 26.6 Å². The average molecular weight is 390 g/mol. The van der Waals surface area contributed by atoms with Crippen LogP contribution in [0.2, 0.25) is 0 Å². The van der Waals surface area contributed by atoms with Crippen molar-refractivity contribution in [3.63, 3.8) is 0 Å². The number of aryl methyl sites for hydroxylation is 2. The van der Waals surface area contributed by atoms with Crippen LogP contribution in [0, 0.1) is 13.8 Å². The molecule has 4 rings (SSSR count). The fourth-order valence-corrected chi connectivity index (χ4v) is 4.38. The number of hydrogen-bond acceptors (Lipinski definition) is 1. The molecule has 0 saturated carbocycles. The molecular formula is C20H19BF4N2O. The van der Waals surface area contributed by atoms with E-state index in [2.05, 4.69) is 4.74 Å². The van der Waals surface area contributed by atoms with Crippen LogP contribution >= 0.6 is 0 Å². The molecule has 0 amide bonds. The maximum atomic E-state index is 15.5. The van der Waals surface area contributed by atoms with Crippen LogP contribution in [0.25, 0.3) is 5.57 Å². The summed E-state index contributed by atoms with van der Waals surface area (Å²) in [6, 6.07) is 7.86. The lowest BCUT2D eigenvalue weighted by Gasteiger charge is -2.34. The minimum absolute atomic E-state index is 0.0243. The van der Waals surface area contributed by atoms with Crippen LogP contribution in [0.15, 0.2) is 47.7 Å². The monoisotopic (exact) mass is 390 g/mol. The molecule has 0 spiro atoms. The van der Waals surface area contributed by atoms with E-state index in [4.69, 9.17) is 0 Å². The van der Waals surface area contributed by atoms with E-state index >= 15 is 8.63 Å². The van der Waals surface area contributed by atoms with Crippen LogP contribution in [0.4, 0.5) is 17.4 Å². The SMILES string of the molecule is CC1=CC(C)=[N+]2C1=C(c1ccc(OC(F)F)cc1)c1c(C)cc(C)n1[B-]2(F)F. The fourth-order valence-electron chi connectivity index (χ4n) is 4.38. The second kappa shape index (κ2) is 6.12. The number of allylic oxidation sites excluding steroid dienone is 2. The molecule has 0 fully saturated rings. The van der Waals surface area contributed by atoms with Crippen molar-refractivity contribution in [2.24, 2.45) is 0 Å². The third-order valence-electron chi connectivity index (χ3n) is 5.30. The van der Waals surface area contributed by atoms with Gasteiger partial charge >= 0.3 is 13.6 Å². The summed E-state index contributed by atoms with van der Waals surface area (Å²) < 4.78 is 62.5. The number of ether oxygens (including phenoxy) is 1. The Kier molecular flexibility index (Phi) is 4.06. The van der Waals surface area contributed by atoms with Crippen LogP contribution in [0.5, 0.6) is 5.75 Å². The molecule has 0 atom stereocenters. The minimum Gasteiger partial charge on any atom is -0.435 e. The van der Waals surface area contributed by atoms with Crippen molar-refractivity contribution in [2.45, 2.75) is 34.3 Å². The Morgan fingerprint density at radius 1 is 1.04 bits per heavy atom. The van der Waals surface area contributed by atoms with E-state index in [1.54, 1.807) is 52.0 Å². The lowest BCUT2D eigenvalue weighted by Crippen LogP contribution is -2.51. The van der Waals surface area contributed by atoms with Crippen LogP contribution in [0.1, 0.15) is 36.4 Å². The predicted molar refractivity (Wildman–Crippen MR) is 101 cm³/mol. The zero-order valence-electron chi connectivity index (χ0n) is 15.9. The van der Waals surface area contributed by atoms with Gasteiger partial charge < -0.3 is 22.3 Å². The molecule has 0 radical (unpaired) electrons.